The molecule has 0 rings (SSSR count). The van der Waals surface area contributed by atoms with Crippen LogP contribution in [0.5, 0.6) is 0 Å². The summed E-state index contributed by atoms with van der Waals surface area (Å²) >= 11 is 0. The first-order valence-electron chi connectivity index (χ1n) is 2.29. The quantitative estimate of drug-likeness (QED) is 0.439. The topological polar surface area (TPSA) is 32.3 Å². The van der Waals surface area contributed by atoms with Gasteiger partial charge in [-0.25, -0.2) is 0 Å². The van der Waals surface area contributed by atoms with Crippen LogP contribution in [-0.2, 0) is 0 Å². The Morgan fingerprint density at radius 2 is 2.38 bits per heavy atom. The number of aliphatic hydroxyl groups excluding tert-OH is 1. The Labute approximate surface area is 56.0 Å². The van der Waals surface area contributed by atoms with Crippen LogP contribution in [0.1, 0.15) is 6.92 Å². The van der Waals surface area contributed by atoms with E-state index < -0.39 is 6.23 Å². The first-order valence-corrected chi connectivity index (χ1v) is 2.29. The van der Waals surface area contributed by atoms with Crippen LogP contribution < -0.4 is 5.32 Å². The van der Waals surface area contributed by atoms with Crippen LogP contribution in [0.4, 0.5) is 0 Å². The fourth-order valence-corrected chi connectivity index (χ4v) is 0.254. The Balaban J connectivity index is 0. The lowest BCUT2D eigenvalue weighted by atomic mass is 10.6. The van der Waals surface area contributed by atoms with Gasteiger partial charge in [-0.15, -0.1) is 19.0 Å². The molecule has 2 N–H and O–H groups in total. The average Bonchev–Trinajstić information content (AvgIpc) is 1.61. The summed E-state index contributed by atoms with van der Waals surface area (Å²) in [5.41, 5.74) is 0. The van der Waals surface area contributed by atoms with Crippen molar-refractivity contribution in [3.05, 3.63) is 12.7 Å². The third-order valence-corrected chi connectivity index (χ3v) is 0.558. The molecule has 0 spiro atoms. The van der Waals surface area contributed by atoms with Gasteiger partial charge in [0.05, 0.1) is 0 Å². The monoisotopic (exact) mass is 137 g/mol. The third-order valence-electron chi connectivity index (χ3n) is 0.558. The summed E-state index contributed by atoms with van der Waals surface area (Å²) in [6.45, 7) is 5.79. The molecule has 0 saturated carbocycles. The SMILES string of the molecule is C=CCNC(C)O.Cl. The largest absolute Gasteiger partial charge is 0.379 e. The van der Waals surface area contributed by atoms with Gasteiger partial charge in [0.25, 0.3) is 0 Å². The smallest absolute Gasteiger partial charge is 0.102 e. The molecule has 3 heteroatoms. The zero-order chi connectivity index (χ0) is 5.70. The predicted octanol–water partition coefficient (Wildman–Crippen LogP) is 0.522. The molecular formula is C5H12ClNO. The van der Waals surface area contributed by atoms with Crippen LogP contribution in [0, 0.1) is 0 Å². The van der Waals surface area contributed by atoms with E-state index in [9.17, 15) is 0 Å². The van der Waals surface area contributed by atoms with Crippen molar-refractivity contribution >= 4 is 12.4 Å². The van der Waals surface area contributed by atoms with Crippen molar-refractivity contribution in [3.63, 3.8) is 0 Å². The van der Waals surface area contributed by atoms with Crippen molar-refractivity contribution in [2.24, 2.45) is 0 Å². The van der Waals surface area contributed by atoms with Crippen LogP contribution in [-0.4, -0.2) is 17.9 Å². The molecule has 0 aliphatic carbocycles. The lowest BCUT2D eigenvalue weighted by Crippen LogP contribution is -2.24. The van der Waals surface area contributed by atoms with Gasteiger partial charge in [-0.05, 0) is 6.92 Å². The molecule has 0 radical (unpaired) electrons. The van der Waals surface area contributed by atoms with Gasteiger partial charge in [-0.2, -0.15) is 0 Å². The number of hydrogen-bond donors (Lipinski definition) is 2. The fraction of sp³-hybridized carbons (Fsp3) is 0.600. The maximum absolute atomic E-state index is 8.52. The highest BCUT2D eigenvalue weighted by Crippen LogP contribution is 1.67. The Morgan fingerprint density at radius 1 is 1.88 bits per heavy atom. The molecular weight excluding hydrogens is 126 g/mol. The second-order valence-electron chi connectivity index (χ2n) is 1.37. The van der Waals surface area contributed by atoms with Crippen molar-refractivity contribution in [1.29, 1.82) is 0 Å². The highest BCUT2D eigenvalue weighted by molar-refractivity contribution is 5.85. The van der Waals surface area contributed by atoms with Crippen LogP contribution in [0.25, 0.3) is 0 Å². The summed E-state index contributed by atoms with van der Waals surface area (Å²) in [6, 6.07) is 0. The molecule has 8 heavy (non-hydrogen) atoms. The molecule has 1 atom stereocenters. The summed E-state index contributed by atoms with van der Waals surface area (Å²) in [7, 11) is 0. The summed E-state index contributed by atoms with van der Waals surface area (Å²) in [5, 5.41) is 11.3. The van der Waals surface area contributed by atoms with Crippen LogP contribution in [0.15, 0.2) is 12.7 Å². The molecule has 0 fully saturated rings. The molecule has 0 aliphatic rings. The van der Waals surface area contributed by atoms with E-state index in [-0.39, 0.29) is 12.4 Å². The first-order chi connectivity index (χ1) is 3.27. The lowest BCUT2D eigenvalue weighted by Gasteiger charge is -2.00. The number of nitrogens with one attached hydrogen (secondary N) is 1. The molecule has 1 unspecified atom stereocenters. The Morgan fingerprint density at radius 3 is 2.50 bits per heavy atom. The normalized spacial score (nSPS) is 11.8. The number of hydrogen-bond acceptors (Lipinski definition) is 2. The van der Waals surface area contributed by atoms with E-state index >= 15 is 0 Å². The summed E-state index contributed by atoms with van der Waals surface area (Å²) in [5.74, 6) is 0. The van der Waals surface area contributed by atoms with Crippen LogP contribution >= 0.6 is 12.4 Å². The van der Waals surface area contributed by atoms with Crippen LogP contribution in [0.3, 0.4) is 0 Å². The minimum Gasteiger partial charge on any atom is -0.379 e. The molecule has 2 nitrogen and oxygen atoms in total. The van der Waals surface area contributed by atoms with Gasteiger partial charge in [0, 0.05) is 6.54 Å². The Kier molecular flexibility index (Phi) is 9.42. The van der Waals surface area contributed by atoms with Gasteiger partial charge in [0.1, 0.15) is 6.23 Å². The van der Waals surface area contributed by atoms with Gasteiger partial charge in [-0.1, -0.05) is 6.08 Å². The fourth-order valence-electron chi connectivity index (χ4n) is 0.254. The minimum absolute atomic E-state index is 0. The minimum atomic E-state index is -0.419. The van der Waals surface area contributed by atoms with Crippen molar-refractivity contribution in [2.75, 3.05) is 6.54 Å². The lowest BCUT2D eigenvalue weighted by molar-refractivity contribution is 0.162. The maximum Gasteiger partial charge on any atom is 0.102 e. The van der Waals surface area contributed by atoms with Gasteiger partial charge in [0.2, 0.25) is 0 Å². The molecule has 0 bridgehead atoms. The molecule has 0 aromatic rings. The summed E-state index contributed by atoms with van der Waals surface area (Å²) in [6.07, 6.45) is 1.28. The Bertz CT molecular complexity index is 56.4. The van der Waals surface area contributed by atoms with Crippen molar-refractivity contribution in [1.82, 2.24) is 5.32 Å². The van der Waals surface area contributed by atoms with Crippen molar-refractivity contribution in [3.8, 4) is 0 Å². The van der Waals surface area contributed by atoms with E-state index in [4.69, 9.17) is 5.11 Å². The molecule has 0 amide bonds. The number of aliphatic hydroxyl groups is 1. The van der Waals surface area contributed by atoms with E-state index in [2.05, 4.69) is 11.9 Å². The average molecular weight is 138 g/mol. The van der Waals surface area contributed by atoms with E-state index in [0.29, 0.717) is 6.54 Å². The van der Waals surface area contributed by atoms with Crippen molar-refractivity contribution in [2.45, 2.75) is 13.2 Å². The van der Waals surface area contributed by atoms with Gasteiger partial charge >= 0.3 is 0 Å². The summed E-state index contributed by atoms with van der Waals surface area (Å²) < 4.78 is 0. The standard InChI is InChI=1S/C5H11NO.ClH/c1-3-4-6-5(2)7;/h3,5-7H,1,4H2,2H3;1H. The Hall–Kier alpha value is -0.0500. The van der Waals surface area contributed by atoms with Gasteiger partial charge in [0.15, 0.2) is 0 Å². The molecule has 0 aromatic carbocycles. The van der Waals surface area contributed by atoms with Gasteiger partial charge in [-0.3, -0.25) is 5.32 Å². The van der Waals surface area contributed by atoms with E-state index in [1.807, 2.05) is 0 Å². The van der Waals surface area contributed by atoms with Gasteiger partial charge < -0.3 is 5.11 Å². The third kappa shape index (κ3) is 9.34. The van der Waals surface area contributed by atoms with Crippen molar-refractivity contribution < 1.29 is 5.11 Å². The number of halogens is 1. The maximum atomic E-state index is 8.52. The van der Waals surface area contributed by atoms with E-state index in [1.165, 1.54) is 0 Å². The first kappa shape index (κ1) is 10.8. The highest BCUT2D eigenvalue weighted by atomic mass is 35.5. The van der Waals surface area contributed by atoms with Crippen LogP contribution in [0.2, 0.25) is 0 Å². The second-order valence-corrected chi connectivity index (χ2v) is 1.37. The molecule has 0 aromatic heterocycles. The second kappa shape index (κ2) is 6.95. The molecule has 0 saturated heterocycles. The zero-order valence-electron chi connectivity index (χ0n) is 4.92. The molecule has 50 valence electrons. The zero-order valence-corrected chi connectivity index (χ0v) is 5.74. The summed E-state index contributed by atoms with van der Waals surface area (Å²) in [4.78, 5) is 0. The van der Waals surface area contributed by atoms with E-state index in [1.54, 1.807) is 13.0 Å². The molecule has 0 heterocycles. The van der Waals surface area contributed by atoms with E-state index in [0.717, 1.165) is 0 Å². The highest BCUT2D eigenvalue weighted by Gasteiger charge is 1.85. The predicted molar refractivity (Wildman–Crippen MR) is 37.1 cm³/mol. The number of rotatable bonds is 3. The molecule has 0 aliphatic heterocycles.